The van der Waals surface area contributed by atoms with Crippen LogP contribution in [0.2, 0.25) is 0 Å². The van der Waals surface area contributed by atoms with Crippen molar-refractivity contribution in [3.8, 4) is 11.1 Å². The molecule has 2 aromatic rings. The molecular formula is C18H17N. The normalized spacial score (nSPS) is 21.5. The highest BCUT2D eigenvalue weighted by Gasteiger charge is 2.26. The predicted molar refractivity (Wildman–Crippen MR) is 80.6 cm³/mol. The molecule has 0 saturated heterocycles. The van der Waals surface area contributed by atoms with Gasteiger partial charge in [0, 0.05) is 0 Å². The molecule has 2 aromatic carbocycles. The van der Waals surface area contributed by atoms with Crippen molar-refractivity contribution in [2.45, 2.75) is 12.0 Å². The molecule has 1 nitrogen and oxygen atoms in total. The molecule has 0 saturated carbocycles. The number of hydrogen-bond acceptors (Lipinski definition) is 1. The first-order valence-electron chi connectivity index (χ1n) is 6.58. The third-order valence-corrected chi connectivity index (χ3v) is 3.61. The van der Waals surface area contributed by atoms with Gasteiger partial charge in [-0.2, -0.15) is 0 Å². The Morgan fingerprint density at radius 2 is 1.58 bits per heavy atom. The summed E-state index contributed by atoms with van der Waals surface area (Å²) < 4.78 is 0. The van der Waals surface area contributed by atoms with Crippen molar-refractivity contribution < 1.29 is 0 Å². The van der Waals surface area contributed by atoms with Gasteiger partial charge in [-0.05, 0) is 23.1 Å². The number of hydrogen-bond donors (Lipinski definition) is 1. The van der Waals surface area contributed by atoms with Crippen LogP contribution >= 0.6 is 0 Å². The third kappa shape index (κ3) is 2.25. The summed E-state index contributed by atoms with van der Waals surface area (Å²) in [7, 11) is 0. The van der Waals surface area contributed by atoms with E-state index in [0.717, 1.165) is 6.42 Å². The molecule has 1 heteroatoms. The Balaban J connectivity index is 2.13. The molecule has 1 aliphatic rings. The molecule has 2 N–H and O–H groups in total. The largest absolute Gasteiger partial charge is 0.318 e. The minimum Gasteiger partial charge on any atom is -0.318 e. The second kappa shape index (κ2) is 4.87. The summed E-state index contributed by atoms with van der Waals surface area (Å²) in [5, 5.41) is 0. The van der Waals surface area contributed by atoms with Gasteiger partial charge >= 0.3 is 0 Å². The van der Waals surface area contributed by atoms with Gasteiger partial charge in [0.2, 0.25) is 0 Å². The highest BCUT2D eigenvalue weighted by Crippen LogP contribution is 2.34. The summed E-state index contributed by atoms with van der Waals surface area (Å²) in [6, 6.07) is 18.8. The maximum atomic E-state index is 6.58. The number of rotatable bonds is 2. The summed E-state index contributed by atoms with van der Waals surface area (Å²) in [5.41, 5.74) is 9.79. The lowest BCUT2D eigenvalue weighted by atomic mass is 9.81. The molecule has 0 aromatic heterocycles. The van der Waals surface area contributed by atoms with E-state index >= 15 is 0 Å². The fourth-order valence-corrected chi connectivity index (χ4v) is 2.60. The van der Waals surface area contributed by atoms with E-state index in [2.05, 4.69) is 66.8 Å². The van der Waals surface area contributed by atoms with Crippen molar-refractivity contribution in [3.63, 3.8) is 0 Å². The molecule has 0 bridgehead atoms. The van der Waals surface area contributed by atoms with E-state index in [1.807, 2.05) is 12.1 Å². The van der Waals surface area contributed by atoms with Crippen molar-refractivity contribution in [1.29, 1.82) is 0 Å². The first-order chi connectivity index (χ1) is 9.30. The van der Waals surface area contributed by atoms with Gasteiger partial charge in [-0.25, -0.2) is 0 Å². The molecule has 0 spiro atoms. The van der Waals surface area contributed by atoms with Crippen LogP contribution in [0.25, 0.3) is 11.1 Å². The lowest BCUT2D eigenvalue weighted by Crippen LogP contribution is -2.35. The third-order valence-electron chi connectivity index (χ3n) is 3.61. The van der Waals surface area contributed by atoms with E-state index in [1.165, 1.54) is 16.7 Å². The van der Waals surface area contributed by atoms with E-state index in [1.54, 1.807) is 0 Å². The molecule has 3 rings (SSSR count). The Morgan fingerprint density at radius 1 is 0.842 bits per heavy atom. The standard InChI is InChI=1S/C18H17N/c19-18(13-7-2-8-14-18)17-12-6-5-11-16(17)15-9-3-1-4-10-15/h1-13H,14,19H2. The average Bonchev–Trinajstić information content (AvgIpc) is 2.49. The molecule has 94 valence electrons. The van der Waals surface area contributed by atoms with Crippen LogP contribution in [0, 0.1) is 0 Å². The van der Waals surface area contributed by atoms with Crippen LogP contribution in [0.15, 0.2) is 78.9 Å². The summed E-state index contributed by atoms with van der Waals surface area (Å²) in [5.74, 6) is 0. The average molecular weight is 247 g/mol. The number of allylic oxidation sites excluding steroid dienone is 2. The van der Waals surface area contributed by atoms with Gasteiger partial charge in [0.05, 0.1) is 5.54 Å². The Hall–Kier alpha value is -2.12. The van der Waals surface area contributed by atoms with Crippen LogP contribution in [0.3, 0.4) is 0 Å². The number of benzene rings is 2. The molecule has 0 heterocycles. The summed E-state index contributed by atoms with van der Waals surface area (Å²) >= 11 is 0. The molecule has 19 heavy (non-hydrogen) atoms. The Bertz CT molecular complexity index is 625. The van der Waals surface area contributed by atoms with Crippen LogP contribution in [0.4, 0.5) is 0 Å². The van der Waals surface area contributed by atoms with Crippen LogP contribution in [-0.4, -0.2) is 0 Å². The van der Waals surface area contributed by atoms with E-state index in [4.69, 9.17) is 5.73 Å². The quantitative estimate of drug-likeness (QED) is 0.852. The first kappa shape index (κ1) is 11.9. The van der Waals surface area contributed by atoms with E-state index in [-0.39, 0.29) is 0 Å². The van der Waals surface area contributed by atoms with Gasteiger partial charge in [-0.1, -0.05) is 78.9 Å². The highest BCUT2D eigenvalue weighted by molar-refractivity contribution is 5.69. The zero-order chi connectivity index (χ0) is 13.1. The topological polar surface area (TPSA) is 26.0 Å². The van der Waals surface area contributed by atoms with E-state index in [9.17, 15) is 0 Å². The Labute approximate surface area is 114 Å². The molecule has 1 aliphatic carbocycles. The zero-order valence-electron chi connectivity index (χ0n) is 10.8. The van der Waals surface area contributed by atoms with Gasteiger partial charge in [0.15, 0.2) is 0 Å². The van der Waals surface area contributed by atoms with Crippen molar-refractivity contribution >= 4 is 0 Å². The van der Waals surface area contributed by atoms with Gasteiger partial charge in [-0.3, -0.25) is 0 Å². The summed E-state index contributed by atoms with van der Waals surface area (Å²) in [4.78, 5) is 0. The second-order valence-electron chi connectivity index (χ2n) is 4.94. The van der Waals surface area contributed by atoms with Gasteiger partial charge < -0.3 is 5.73 Å². The molecule has 0 amide bonds. The van der Waals surface area contributed by atoms with E-state index < -0.39 is 5.54 Å². The van der Waals surface area contributed by atoms with Crippen LogP contribution in [0.5, 0.6) is 0 Å². The Kier molecular flexibility index (Phi) is 3.06. The molecule has 1 unspecified atom stereocenters. The highest BCUT2D eigenvalue weighted by atomic mass is 14.7. The van der Waals surface area contributed by atoms with Crippen molar-refractivity contribution in [1.82, 2.24) is 0 Å². The van der Waals surface area contributed by atoms with Crippen LogP contribution < -0.4 is 5.73 Å². The maximum absolute atomic E-state index is 6.58. The lowest BCUT2D eigenvalue weighted by molar-refractivity contribution is 0.567. The van der Waals surface area contributed by atoms with Gasteiger partial charge in [-0.15, -0.1) is 0 Å². The molecular weight excluding hydrogens is 230 g/mol. The fraction of sp³-hybridized carbons (Fsp3) is 0.111. The molecule has 1 atom stereocenters. The van der Waals surface area contributed by atoms with Crippen LogP contribution in [0.1, 0.15) is 12.0 Å². The fourth-order valence-electron chi connectivity index (χ4n) is 2.60. The van der Waals surface area contributed by atoms with E-state index in [0.29, 0.717) is 0 Å². The van der Waals surface area contributed by atoms with Crippen molar-refractivity contribution in [2.24, 2.45) is 5.73 Å². The Morgan fingerprint density at radius 3 is 2.32 bits per heavy atom. The molecule has 0 radical (unpaired) electrons. The van der Waals surface area contributed by atoms with Crippen molar-refractivity contribution in [2.75, 3.05) is 0 Å². The monoisotopic (exact) mass is 247 g/mol. The minimum atomic E-state index is -0.402. The lowest BCUT2D eigenvalue weighted by Gasteiger charge is -2.29. The summed E-state index contributed by atoms with van der Waals surface area (Å²) in [6.45, 7) is 0. The zero-order valence-corrected chi connectivity index (χ0v) is 10.8. The second-order valence-corrected chi connectivity index (χ2v) is 4.94. The number of nitrogens with two attached hydrogens (primary N) is 1. The maximum Gasteiger partial charge on any atom is 0.0639 e. The summed E-state index contributed by atoms with van der Waals surface area (Å²) in [6.07, 6.45) is 9.14. The molecule has 0 aliphatic heterocycles. The van der Waals surface area contributed by atoms with Gasteiger partial charge in [0.25, 0.3) is 0 Å². The van der Waals surface area contributed by atoms with Crippen LogP contribution in [-0.2, 0) is 5.54 Å². The van der Waals surface area contributed by atoms with Gasteiger partial charge in [0.1, 0.15) is 0 Å². The van der Waals surface area contributed by atoms with Crippen molar-refractivity contribution in [3.05, 3.63) is 84.5 Å². The first-order valence-corrected chi connectivity index (χ1v) is 6.58. The SMILES string of the molecule is NC1(c2ccccc2-c2ccccc2)C=CC=CC1. The molecule has 0 fully saturated rings. The predicted octanol–water partition coefficient (Wildman–Crippen LogP) is 4.02. The smallest absolute Gasteiger partial charge is 0.0639 e. The minimum absolute atomic E-state index is 0.402.